The fraction of sp³-hybridized carbons (Fsp3) is 0.158. The lowest BCUT2D eigenvalue weighted by molar-refractivity contribution is -0.115. The van der Waals surface area contributed by atoms with Crippen molar-refractivity contribution in [2.24, 2.45) is 11.5 Å². The number of allylic oxidation sites excluding steroid dienone is 2. The van der Waals surface area contributed by atoms with Gasteiger partial charge in [0.25, 0.3) is 0 Å². The minimum Gasteiger partial charge on any atom is -0.366 e. The molecule has 1 rings (SSSR count). The van der Waals surface area contributed by atoms with Crippen molar-refractivity contribution in [3.8, 4) is 0 Å². The van der Waals surface area contributed by atoms with Crippen molar-refractivity contribution in [2.45, 2.75) is 20.3 Å². The standard InChI is InChI=1S/C10H10.C9H14N2O2/c1-3-9-7-5-6-8-10(9)4-2;1-6(8(10)12)4-3-5-7(2)9(11)13/h3-8H,1-2H2;4-5H,3H2,1-2H3,(H2,10,12)(H2,11,13)/b;6-4+,7-5+. The second kappa shape index (κ2) is 10.8. The van der Waals surface area contributed by atoms with Gasteiger partial charge < -0.3 is 11.5 Å². The maximum absolute atomic E-state index is 10.6. The first-order chi connectivity index (χ1) is 10.8. The molecule has 0 spiro atoms. The molecule has 0 aliphatic rings. The minimum atomic E-state index is -0.454. The highest BCUT2D eigenvalue weighted by Crippen LogP contribution is 2.10. The van der Waals surface area contributed by atoms with Gasteiger partial charge in [0, 0.05) is 11.1 Å². The van der Waals surface area contributed by atoms with Crippen LogP contribution in [0.5, 0.6) is 0 Å². The Labute approximate surface area is 137 Å². The Morgan fingerprint density at radius 2 is 1.26 bits per heavy atom. The molecule has 0 saturated heterocycles. The Bertz CT molecular complexity index is 586. The monoisotopic (exact) mass is 312 g/mol. The van der Waals surface area contributed by atoms with E-state index in [1.807, 2.05) is 36.4 Å². The van der Waals surface area contributed by atoms with Gasteiger partial charge in [0.15, 0.2) is 0 Å². The first-order valence-electron chi connectivity index (χ1n) is 7.10. The van der Waals surface area contributed by atoms with E-state index in [0.29, 0.717) is 17.6 Å². The molecule has 0 atom stereocenters. The second-order valence-corrected chi connectivity index (χ2v) is 4.78. The van der Waals surface area contributed by atoms with Crippen LogP contribution < -0.4 is 11.5 Å². The Morgan fingerprint density at radius 1 is 0.913 bits per heavy atom. The van der Waals surface area contributed by atoms with Crippen LogP contribution in [0.4, 0.5) is 0 Å². The topological polar surface area (TPSA) is 86.2 Å². The number of benzene rings is 1. The van der Waals surface area contributed by atoms with Crippen molar-refractivity contribution in [2.75, 3.05) is 0 Å². The van der Waals surface area contributed by atoms with Crippen LogP contribution in [-0.4, -0.2) is 11.8 Å². The molecule has 4 heteroatoms. The van der Waals surface area contributed by atoms with Gasteiger partial charge in [-0.25, -0.2) is 0 Å². The Hall–Kier alpha value is -2.88. The number of carbonyl (C=O) groups is 2. The van der Waals surface area contributed by atoms with E-state index in [9.17, 15) is 9.59 Å². The van der Waals surface area contributed by atoms with Crippen LogP contribution >= 0.6 is 0 Å². The van der Waals surface area contributed by atoms with E-state index < -0.39 is 11.8 Å². The van der Waals surface area contributed by atoms with E-state index in [0.717, 1.165) is 11.1 Å². The van der Waals surface area contributed by atoms with E-state index in [1.54, 1.807) is 26.0 Å². The summed E-state index contributed by atoms with van der Waals surface area (Å²) in [6.07, 6.45) is 7.45. The van der Waals surface area contributed by atoms with Crippen LogP contribution in [0.3, 0.4) is 0 Å². The summed E-state index contributed by atoms with van der Waals surface area (Å²) in [5.41, 5.74) is 13.2. The van der Waals surface area contributed by atoms with Gasteiger partial charge >= 0.3 is 0 Å². The van der Waals surface area contributed by atoms with Gasteiger partial charge in [-0.1, -0.05) is 61.7 Å². The molecule has 0 unspecified atom stereocenters. The van der Waals surface area contributed by atoms with Crippen molar-refractivity contribution in [3.63, 3.8) is 0 Å². The van der Waals surface area contributed by atoms with Gasteiger partial charge in [-0.3, -0.25) is 9.59 Å². The molecule has 4 N–H and O–H groups in total. The third-order valence-corrected chi connectivity index (χ3v) is 3.06. The van der Waals surface area contributed by atoms with E-state index in [2.05, 4.69) is 13.2 Å². The molecular formula is C19H24N2O2. The molecule has 0 aromatic heterocycles. The molecule has 0 aliphatic heterocycles. The summed E-state index contributed by atoms with van der Waals surface area (Å²) in [5.74, 6) is -0.907. The molecular weight excluding hydrogens is 288 g/mol. The lowest BCUT2D eigenvalue weighted by Gasteiger charge is -1.96. The van der Waals surface area contributed by atoms with E-state index in [4.69, 9.17) is 11.5 Å². The third kappa shape index (κ3) is 8.21. The summed E-state index contributed by atoms with van der Waals surface area (Å²) in [7, 11) is 0. The molecule has 0 bridgehead atoms. The van der Waals surface area contributed by atoms with Gasteiger partial charge in [-0.2, -0.15) is 0 Å². The van der Waals surface area contributed by atoms with Gasteiger partial charge in [0.1, 0.15) is 0 Å². The number of hydrogen-bond donors (Lipinski definition) is 2. The highest BCUT2D eigenvalue weighted by Gasteiger charge is 1.96. The maximum Gasteiger partial charge on any atom is 0.244 e. The van der Waals surface area contributed by atoms with Crippen LogP contribution in [0.1, 0.15) is 31.4 Å². The zero-order chi connectivity index (χ0) is 17.8. The molecule has 0 aliphatic carbocycles. The normalized spacial score (nSPS) is 11.0. The van der Waals surface area contributed by atoms with Crippen molar-refractivity contribution >= 4 is 24.0 Å². The summed E-state index contributed by atoms with van der Waals surface area (Å²) >= 11 is 0. The quantitative estimate of drug-likeness (QED) is 0.790. The zero-order valence-corrected chi connectivity index (χ0v) is 13.7. The van der Waals surface area contributed by atoms with E-state index in [1.165, 1.54) is 0 Å². The van der Waals surface area contributed by atoms with Crippen molar-refractivity contribution in [1.82, 2.24) is 0 Å². The molecule has 4 nitrogen and oxygen atoms in total. The summed E-state index contributed by atoms with van der Waals surface area (Å²) in [6.45, 7) is 10.6. The Morgan fingerprint density at radius 3 is 1.52 bits per heavy atom. The zero-order valence-electron chi connectivity index (χ0n) is 13.7. The molecule has 122 valence electrons. The van der Waals surface area contributed by atoms with Crippen LogP contribution in [0.2, 0.25) is 0 Å². The summed E-state index contributed by atoms with van der Waals surface area (Å²) in [5, 5.41) is 0. The largest absolute Gasteiger partial charge is 0.366 e. The molecule has 0 radical (unpaired) electrons. The van der Waals surface area contributed by atoms with Crippen LogP contribution in [0.25, 0.3) is 12.2 Å². The molecule has 1 aromatic rings. The molecule has 0 heterocycles. The second-order valence-electron chi connectivity index (χ2n) is 4.78. The van der Waals surface area contributed by atoms with Gasteiger partial charge in [0.2, 0.25) is 11.8 Å². The highest BCUT2D eigenvalue weighted by molar-refractivity contribution is 5.92. The van der Waals surface area contributed by atoms with E-state index in [-0.39, 0.29) is 0 Å². The summed E-state index contributed by atoms with van der Waals surface area (Å²) in [6, 6.07) is 8.02. The number of primary amides is 2. The van der Waals surface area contributed by atoms with E-state index >= 15 is 0 Å². The third-order valence-electron chi connectivity index (χ3n) is 3.06. The minimum absolute atomic E-state index is 0.454. The predicted octanol–water partition coefficient (Wildman–Crippen LogP) is 3.21. The molecule has 2 amide bonds. The highest BCUT2D eigenvalue weighted by atomic mass is 16.1. The summed E-state index contributed by atoms with van der Waals surface area (Å²) < 4.78 is 0. The SMILES string of the molecule is C/C(=C\C/C=C(\C)C(N)=O)C(N)=O.C=Cc1ccccc1C=C. The smallest absolute Gasteiger partial charge is 0.244 e. The molecule has 0 fully saturated rings. The predicted molar refractivity (Wildman–Crippen MR) is 97.1 cm³/mol. The number of nitrogens with two attached hydrogens (primary N) is 2. The van der Waals surface area contributed by atoms with Crippen LogP contribution in [-0.2, 0) is 9.59 Å². The molecule has 1 aromatic carbocycles. The first-order valence-corrected chi connectivity index (χ1v) is 7.10. The van der Waals surface area contributed by atoms with Crippen molar-refractivity contribution in [1.29, 1.82) is 0 Å². The maximum atomic E-state index is 10.6. The van der Waals surface area contributed by atoms with Crippen LogP contribution in [0, 0.1) is 0 Å². The van der Waals surface area contributed by atoms with Gasteiger partial charge in [0.05, 0.1) is 0 Å². The van der Waals surface area contributed by atoms with Gasteiger partial charge in [-0.15, -0.1) is 0 Å². The Kier molecular flexibility index (Phi) is 9.44. The molecule has 0 saturated carbocycles. The van der Waals surface area contributed by atoms with Crippen molar-refractivity contribution < 1.29 is 9.59 Å². The summed E-state index contributed by atoms with van der Waals surface area (Å²) in [4.78, 5) is 21.1. The number of carbonyl (C=O) groups excluding carboxylic acids is 2. The average Bonchev–Trinajstić information content (AvgIpc) is 2.54. The van der Waals surface area contributed by atoms with Gasteiger partial charge in [-0.05, 0) is 31.4 Å². The average molecular weight is 312 g/mol. The fourth-order valence-corrected chi connectivity index (χ4v) is 1.50. The molecule has 23 heavy (non-hydrogen) atoms. The fourth-order valence-electron chi connectivity index (χ4n) is 1.50. The number of rotatable bonds is 6. The van der Waals surface area contributed by atoms with Crippen molar-refractivity contribution in [3.05, 3.63) is 71.8 Å². The first kappa shape index (κ1) is 20.1. The number of amides is 2. The number of hydrogen-bond acceptors (Lipinski definition) is 2. The van der Waals surface area contributed by atoms with Crippen LogP contribution in [0.15, 0.2) is 60.7 Å². The Balaban J connectivity index is 0.000000433. The lowest BCUT2D eigenvalue weighted by atomic mass is 10.1. The lowest BCUT2D eigenvalue weighted by Crippen LogP contribution is -2.12.